The number of ether oxygens (including phenoxy) is 3. The third-order valence-corrected chi connectivity index (χ3v) is 7.73. The summed E-state index contributed by atoms with van der Waals surface area (Å²) in [5, 5.41) is 4.03. The van der Waals surface area contributed by atoms with Gasteiger partial charge in [0.05, 0.1) is 24.9 Å². The van der Waals surface area contributed by atoms with E-state index in [9.17, 15) is 4.79 Å². The molecule has 0 unspecified atom stereocenters. The van der Waals surface area contributed by atoms with Crippen LogP contribution in [0.25, 0.3) is 5.69 Å². The molecule has 0 spiro atoms. The van der Waals surface area contributed by atoms with E-state index < -0.39 is 5.91 Å². The standard InChI is InChI=1S/C27H25Br2N3O5/c1-16-5-6-17(2)32(16)19-7-9-20(10-8-19)36-15-21-11-12-22(37-21)27(33)31-30-14-18-13-23(34-3)26(35-4)25(29)24(18)28/h5-14H,15H2,1-4H3,(H,31,33)/b30-14+. The fourth-order valence-electron chi connectivity index (χ4n) is 3.76. The third kappa shape index (κ3) is 5.91. The summed E-state index contributed by atoms with van der Waals surface area (Å²) in [6.45, 7) is 4.33. The monoisotopic (exact) mass is 629 g/mol. The maximum atomic E-state index is 12.5. The topological polar surface area (TPSA) is 87.2 Å². The Hall–Kier alpha value is -3.50. The first-order valence-corrected chi connectivity index (χ1v) is 12.8. The highest BCUT2D eigenvalue weighted by molar-refractivity contribution is 9.13. The summed E-state index contributed by atoms with van der Waals surface area (Å²) in [6, 6.07) is 17.0. The highest BCUT2D eigenvalue weighted by atomic mass is 79.9. The van der Waals surface area contributed by atoms with Gasteiger partial charge in [0.15, 0.2) is 17.3 Å². The number of nitrogens with one attached hydrogen (secondary N) is 1. The molecule has 0 aliphatic heterocycles. The molecule has 0 saturated heterocycles. The molecule has 37 heavy (non-hydrogen) atoms. The molecule has 10 heteroatoms. The Morgan fingerprint density at radius 1 is 1.00 bits per heavy atom. The van der Waals surface area contributed by atoms with Crippen molar-refractivity contribution in [2.24, 2.45) is 5.10 Å². The molecule has 0 aliphatic rings. The average Bonchev–Trinajstić information content (AvgIpc) is 3.51. The zero-order chi connectivity index (χ0) is 26.5. The van der Waals surface area contributed by atoms with Crippen molar-refractivity contribution < 1.29 is 23.4 Å². The number of rotatable bonds is 9. The van der Waals surface area contributed by atoms with E-state index >= 15 is 0 Å². The van der Waals surface area contributed by atoms with E-state index in [-0.39, 0.29) is 12.4 Å². The van der Waals surface area contributed by atoms with E-state index in [0.29, 0.717) is 37.5 Å². The molecule has 0 saturated carbocycles. The zero-order valence-electron chi connectivity index (χ0n) is 20.7. The van der Waals surface area contributed by atoms with Crippen molar-refractivity contribution in [3.8, 4) is 22.9 Å². The first kappa shape index (κ1) is 26.6. The summed E-state index contributed by atoms with van der Waals surface area (Å²) in [6.07, 6.45) is 1.49. The lowest BCUT2D eigenvalue weighted by molar-refractivity contribution is 0.0923. The van der Waals surface area contributed by atoms with Gasteiger partial charge in [0.25, 0.3) is 0 Å². The Balaban J connectivity index is 1.35. The van der Waals surface area contributed by atoms with Gasteiger partial charge in [-0.1, -0.05) is 0 Å². The van der Waals surface area contributed by atoms with Gasteiger partial charge in [0.2, 0.25) is 0 Å². The van der Waals surface area contributed by atoms with Crippen LogP contribution in [-0.2, 0) is 6.61 Å². The van der Waals surface area contributed by atoms with E-state index in [1.165, 1.54) is 17.6 Å². The fourth-order valence-corrected chi connectivity index (χ4v) is 4.74. The van der Waals surface area contributed by atoms with E-state index in [1.807, 2.05) is 24.3 Å². The van der Waals surface area contributed by atoms with Crippen molar-refractivity contribution >= 4 is 44.0 Å². The number of carbonyl (C=O) groups excluding carboxylic acids is 1. The quantitative estimate of drug-likeness (QED) is 0.167. The predicted octanol–water partition coefficient (Wildman–Crippen LogP) is 6.57. The van der Waals surface area contributed by atoms with Gasteiger partial charge in [-0.15, -0.1) is 0 Å². The van der Waals surface area contributed by atoms with Gasteiger partial charge in [-0.05, 0) is 100 Å². The molecule has 0 bridgehead atoms. The minimum atomic E-state index is -0.486. The Kier molecular flexibility index (Phi) is 8.40. The molecule has 0 aliphatic carbocycles. The van der Waals surface area contributed by atoms with Gasteiger partial charge in [-0.25, -0.2) is 5.43 Å². The molecule has 4 aromatic rings. The lowest BCUT2D eigenvalue weighted by atomic mass is 10.2. The normalized spacial score (nSPS) is 11.1. The minimum Gasteiger partial charge on any atom is -0.493 e. The molecule has 8 nitrogen and oxygen atoms in total. The van der Waals surface area contributed by atoms with Crippen molar-refractivity contribution in [1.29, 1.82) is 0 Å². The molecule has 0 atom stereocenters. The smallest absolute Gasteiger partial charge is 0.307 e. The summed E-state index contributed by atoms with van der Waals surface area (Å²) in [5.74, 6) is 1.91. The fraction of sp³-hybridized carbons (Fsp3) is 0.185. The van der Waals surface area contributed by atoms with Gasteiger partial charge in [-0.3, -0.25) is 4.79 Å². The number of methoxy groups -OCH3 is 2. The molecule has 2 heterocycles. The Morgan fingerprint density at radius 3 is 2.35 bits per heavy atom. The first-order valence-electron chi connectivity index (χ1n) is 11.2. The number of carbonyl (C=O) groups is 1. The Bertz CT molecular complexity index is 1420. The number of hydrogen-bond acceptors (Lipinski definition) is 6. The maximum Gasteiger partial charge on any atom is 0.307 e. The molecule has 1 amide bonds. The molecular weight excluding hydrogens is 606 g/mol. The van der Waals surface area contributed by atoms with Crippen LogP contribution >= 0.6 is 31.9 Å². The van der Waals surface area contributed by atoms with Crippen LogP contribution in [-0.4, -0.2) is 30.9 Å². The second kappa shape index (κ2) is 11.7. The lowest BCUT2D eigenvalue weighted by Crippen LogP contribution is -2.16. The van der Waals surface area contributed by atoms with Crippen molar-refractivity contribution in [2.45, 2.75) is 20.5 Å². The van der Waals surface area contributed by atoms with Crippen LogP contribution in [0.2, 0.25) is 0 Å². The van der Waals surface area contributed by atoms with Crippen molar-refractivity contribution in [3.05, 3.63) is 92.0 Å². The Labute approximate surface area is 231 Å². The maximum absolute atomic E-state index is 12.5. The highest BCUT2D eigenvalue weighted by Gasteiger charge is 2.16. The SMILES string of the molecule is COc1cc(/C=N/NC(=O)c2ccc(COc3ccc(-n4c(C)ccc4C)cc3)o2)c(Br)c(Br)c1OC. The average molecular weight is 631 g/mol. The second-order valence-electron chi connectivity index (χ2n) is 8.03. The van der Waals surface area contributed by atoms with Crippen molar-refractivity contribution in [3.63, 3.8) is 0 Å². The largest absolute Gasteiger partial charge is 0.493 e. The summed E-state index contributed by atoms with van der Waals surface area (Å²) in [7, 11) is 3.09. The number of hydrogen-bond donors (Lipinski definition) is 1. The van der Waals surface area contributed by atoms with Gasteiger partial charge in [0, 0.05) is 27.1 Å². The van der Waals surface area contributed by atoms with E-state index in [4.69, 9.17) is 18.6 Å². The number of aromatic nitrogens is 1. The van der Waals surface area contributed by atoms with E-state index in [0.717, 1.165) is 5.69 Å². The van der Waals surface area contributed by atoms with Gasteiger partial charge in [-0.2, -0.15) is 5.10 Å². The number of hydrazone groups is 1. The van der Waals surface area contributed by atoms with Crippen LogP contribution in [0.5, 0.6) is 17.2 Å². The van der Waals surface area contributed by atoms with Crippen molar-refractivity contribution in [2.75, 3.05) is 14.2 Å². The molecule has 4 rings (SSSR count). The third-order valence-electron chi connectivity index (χ3n) is 5.58. The molecular formula is C27H25Br2N3O5. The van der Waals surface area contributed by atoms with Crippen LogP contribution in [0, 0.1) is 13.8 Å². The molecule has 2 aromatic carbocycles. The first-order chi connectivity index (χ1) is 17.8. The zero-order valence-corrected chi connectivity index (χ0v) is 23.8. The summed E-state index contributed by atoms with van der Waals surface area (Å²) < 4.78 is 25.7. The number of furan rings is 1. The molecule has 0 fully saturated rings. The van der Waals surface area contributed by atoms with Gasteiger partial charge in [0.1, 0.15) is 18.1 Å². The number of nitrogens with zero attached hydrogens (tertiary/aromatic N) is 2. The van der Waals surface area contributed by atoms with Crippen molar-refractivity contribution in [1.82, 2.24) is 9.99 Å². The predicted molar refractivity (Wildman–Crippen MR) is 148 cm³/mol. The molecule has 1 N–H and O–H groups in total. The summed E-state index contributed by atoms with van der Waals surface area (Å²) in [4.78, 5) is 12.5. The van der Waals surface area contributed by atoms with Crippen LogP contribution < -0.4 is 19.6 Å². The molecule has 192 valence electrons. The molecule has 2 aromatic heterocycles. The summed E-state index contributed by atoms with van der Waals surface area (Å²) in [5.41, 5.74) is 6.54. The van der Waals surface area contributed by atoms with Crippen LogP contribution in [0.15, 0.2) is 73.1 Å². The lowest BCUT2D eigenvalue weighted by Gasteiger charge is -2.12. The second-order valence-corrected chi connectivity index (χ2v) is 9.61. The van der Waals surface area contributed by atoms with Gasteiger partial charge >= 0.3 is 5.91 Å². The van der Waals surface area contributed by atoms with E-state index in [2.05, 4.69) is 72.9 Å². The highest BCUT2D eigenvalue weighted by Crippen LogP contribution is 2.41. The van der Waals surface area contributed by atoms with Crippen LogP contribution in [0.1, 0.15) is 33.3 Å². The Morgan fingerprint density at radius 2 is 1.70 bits per heavy atom. The van der Waals surface area contributed by atoms with E-state index in [1.54, 1.807) is 32.4 Å². The number of amides is 1. The number of halogens is 2. The molecule has 0 radical (unpaired) electrons. The summed E-state index contributed by atoms with van der Waals surface area (Å²) >= 11 is 6.95. The van der Waals surface area contributed by atoms with Gasteiger partial charge < -0.3 is 23.2 Å². The van der Waals surface area contributed by atoms with Crippen LogP contribution in [0.3, 0.4) is 0 Å². The number of aryl methyl sites for hydroxylation is 2. The minimum absolute atomic E-state index is 0.122. The van der Waals surface area contributed by atoms with Crippen LogP contribution in [0.4, 0.5) is 0 Å². The number of benzene rings is 2.